The maximum atomic E-state index is 12.3. The summed E-state index contributed by atoms with van der Waals surface area (Å²) in [4.78, 5) is 28.3. The Labute approximate surface area is 179 Å². The van der Waals surface area contributed by atoms with Crippen molar-refractivity contribution in [1.29, 1.82) is 0 Å². The summed E-state index contributed by atoms with van der Waals surface area (Å²) in [7, 11) is -0.645. The molecule has 1 N–H and O–H groups in total. The maximum Gasteiger partial charge on any atom is 0.333 e. The van der Waals surface area contributed by atoms with Crippen LogP contribution in [0.1, 0.15) is 58.6 Å². The van der Waals surface area contributed by atoms with Crippen LogP contribution in [0, 0.1) is 5.92 Å². The Morgan fingerprint density at radius 2 is 1.97 bits per heavy atom. The predicted octanol–water partition coefficient (Wildman–Crippen LogP) is 5.10. The quantitative estimate of drug-likeness (QED) is 0.380. The lowest BCUT2D eigenvalue weighted by Gasteiger charge is -2.45. The average molecular weight is 439 g/mol. The Hall–Kier alpha value is -1.51. The fourth-order valence-electron chi connectivity index (χ4n) is 3.56. The summed E-state index contributed by atoms with van der Waals surface area (Å²) >= 11 is 1.39. The highest BCUT2D eigenvalue weighted by Crippen LogP contribution is 2.47. The van der Waals surface area contributed by atoms with Crippen LogP contribution in [0.15, 0.2) is 17.5 Å². The second-order valence-electron chi connectivity index (χ2n) is 9.26. The van der Waals surface area contributed by atoms with Crippen LogP contribution < -0.4 is 5.32 Å². The number of amides is 1. The minimum Gasteiger partial charge on any atom is -0.466 e. The molecule has 0 bridgehead atoms. The van der Waals surface area contributed by atoms with Gasteiger partial charge in [-0.25, -0.2) is 9.78 Å². The second-order valence-corrected chi connectivity index (χ2v) is 14.9. The number of rotatable bonds is 6. The van der Waals surface area contributed by atoms with Crippen molar-refractivity contribution in [1.82, 2.24) is 4.98 Å². The lowest BCUT2D eigenvalue weighted by Crippen LogP contribution is -2.47. The van der Waals surface area contributed by atoms with Crippen LogP contribution in [-0.4, -0.2) is 38.4 Å². The number of carbonyl (C=O) groups excluding carboxylic acids is 2. The minimum absolute atomic E-state index is 0.0525. The first kappa shape index (κ1) is 23.8. The summed E-state index contributed by atoms with van der Waals surface area (Å²) in [6.07, 6.45) is 2.65. The molecule has 1 heterocycles. The molecule has 0 spiro atoms. The first-order chi connectivity index (χ1) is 13.4. The van der Waals surface area contributed by atoms with Crippen molar-refractivity contribution in [3.8, 4) is 0 Å². The zero-order chi connectivity index (χ0) is 22.0. The molecule has 0 aliphatic heterocycles. The molecule has 3 atom stereocenters. The van der Waals surface area contributed by atoms with Gasteiger partial charge in [-0.2, -0.15) is 0 Å². The van der Waals surface area contributed by atoms with Gasteiger partial charge >= 0.3 is 5.97 Å². The fourth-order valence-corrected chi connectivity index (χ4v) is 5.74. The van der Waals surface area contributed by atoms with E-state index in [-0.39, 0.29) is 34.9 Å². The number of nitrogens with zero attached hydrogens (tertiary/aromatic N) is 1. The molecule has 1 aliphatic carbocycles. The number of anilines is 1. The summed E-state index contributed by atoms with van der Waals surface area (Å²) in [5, 5.41) is 5.35. The SMILES string of the molecule is C=C(C(=O)OC)C1CCCC(O[Si](C)(C)C(C)(C)C)C1c1csc(NC(C)=O)n1. The first-order valence-corrected chi connectivity index (χ1v) is 13.8. The molecule has 2 rings (SSSR count). The molecule has 0 radical (unpaired) electrons. The van der Waals surface area contributed by atoms with Crippen LogP contribution in [0.4, 0.5) is 5.13 Å². The zero-order valence-corrected chi connectivity index (χ0v) is 20.4. The van der Waals surface area contributed by atoms with Crippen molar-refractivity contribution < 1.29 is 18.8 Å². The second kappa shape index (κ2) is 9.10. The molecule has 0 aromatic carbocycles. The van der Waals surface area contributed by atoms with Crippen LogP contribution >= 0.6 is 11.3 Å². The summed E-state index contributed by atoms with van der Waals surface area (Å²) in [5.41, 5.74) is 1.31. The molecule has 3 unspecified atom stereocenters. The molecule has 29 heavy (non-hydrogen) atoms. The number of hydrogen-bond acceptors (Lipinski definition) is 6. The van der Waals surface area contributed by atoms with Gasteiger partial charge in [0.1, 0.15) is 0 Å². The van der Waals surface area contributed by atoms with E-state index in [0.29, 0.717) is 10.7 Å². The number of nitrogens with one attached hydrogen (secondary N) is 1. The summed E-state index contributed by atoms with van der Waals surface area (Å²) in [5.74, 6) is -0.731. The van der Waals surface area contributed by atoms with Crippen molar-refractivity contribution in [2.24, 2.45) is 5.92 Å². The number of methoxy groups -OCH3 is 1. The van der Waals surface area contributed by atoms with Crippen molar-refractivity contribution in [3.05, 3.63) is 23.2 Å². The highest BCUT2D eigenvalue weighted by molar-refractivity contribution is 7.13. The Morgan fingerprint density at radius 1 is 1.31 bits per heavy atom. The maximum absolute atomic E-state index is 12.3. The molecule has 8 heteroatoms. The Kier molecular flexibility index (Phi) is 7.45. The lowest BCUT2D eigenvalue weighted by atomic mass is 9.72. The normalized spacial score (nSPS) is 22.8. The molecular weight excluding hydrogens is 404 g/mol. The standard InChI is InChI=1S/C21H34N2O4SSi/c1-13(19(25)26-6)15-10-9-11-17(27-29(7,8)21(3,4)5)18(15)16-12-28-20(23-16)22-14(2)24/h12,15,17-18H,1,9-11H2,2-8H3,(H,22,23,24). The number of esters is 1. The van der Waals surface area contributed by atoms with Crippen LogP contribution in [0.25, 0.3) is 0 Å². The van der Waals surface area contributed by atoms with Gasteiger partial charge in [0.15, 0.2) is 13.4 Å². The highest BCUT2D eigenvalue weighted by atomic mass is 32.1. The van der Waals surface area contributed by atoms with Crippen LogP contribution in [0.5, 0.6) is 0 Å². The van der Waals surface area contributed by atoms with E-state index in [2.05, 4.69) is 50.7 Å². The summed E-state index contributed by atoms with van der Waals surface area (Å²) in [6.45, 7) is 16.7. The molecule has 162 valence electrons. The van der Waals surface area contributed by atoms with Crippen LogP contribution in [0.3, 0.4) is 0 Å². The van der Waals surface area contributed by atoms with Gasteiger partial charge in [0.2, 0.25) is 5.91 Å². The van der Waals surface area contributed by atoms with Crippen molar-refractivity contribution >= 4 is 36.7 Å². The third kappa shape index (κ3) is 5.55. The molecule has 1 aliphatic rings. The number of aromatic nitrogens is 1. The van der Waals surface area contributed by atoms with E-state index < -0.39 is 8.32 Å². The Balaban J connectivity index is 2.42. The van der Waals surface area contributed by atoms with Gasteiger partial charge in [-0.3, -0.25) is 4.79 Å². The predicted molar refractivity (Wildman–Crippen MR) is 120 cm³/mol. The van der Waals surface area contributed by atoms with E-state index in [0.717, 1.165) is 25.0 Å². The van der Waals surface area contributed by atoms with E-state index >= 15 is 0 Å². The Bertz CT molecular complexity index is 769. The van der Waals surface area contributed by atoms with Crippen LogP contribution in [0.2, 0.25) is 18.1 Å². The van der Waals surface area contributed by atoms with Gasteiger partial charge in [0, 0.05) is 29.7 Å². The van der Waals surface area contributed by atoms with E-state index in [1.165, 1.54) is 25.4 Å². The largest absolute Gasteiger partial charge is 0.466 e. The summed E-state index contributed by atoms with van der Waals surface area (Å²) in [6, 6.07) is 0. The highest BCUT2D eigenvalue weighted by Gasteiger charge is 2.45. The lowest BCUT2D eigenvalue weighted by molar-refractivity contribution is -0.137. The summed E-state index contributed by atoms with van der Waals surface area (Å²) < 4.78 is 11.8. The van der Waals surface area contributed by atoms with E-state index in [9.17, 15) is 9.59 Å². The van der Waals surface area contributed by atoms with Gasteiger partial charge in [-0.15, -0.1) is 11.3 Å². The molecule has 1 amide bonds. The third-order valence-electron chi connectivity index (χ3n) is 6.13. The van der Waals surface area contributed by atoms with Crippen molar-refractivity contribution in [2.75, 3.05) is 12.4 Å². The molecule has 1 saturated carbocycles. The molecular formula is C21H34N2O4SSi. The minimum atomic E-state index is -2.03. The van der Waals surface area contributed by atoms with E-state index in [1.807, 2.05) is 5.38 Å². The number of carbonyl (C=O) groups is 2. The van der Waals surface area contributed by atoms with Crippen molar-refractivity contribution in [3.63, 3.8) is 0 Å². The fraction of sp³-hybridized carbons (Fsp3) is 0.667. The molecule has 1 aromatic heterocycles. The van der Waals surface area contributed by atoms with Crippen LogP contribution in [-0.2, 0) is 18.8 Å². The van der Waals surface area contributed by atoms with Gasteiger partial charge in [-0.05, 0) is 31.0 Å². The van der Waals surface area contributed by atoms with Crippen molar-refractivity contribution in [2.45, 2.75) is 77.1 Å². The monoisotopic (exact) mass is 438 g/mol. The molecule has 1 aromatic rings. The van der Waals surface area contributed by atoms with Gasteiger partial charge in [0.25, 0.3) is 0 Å². The molecule has 0 saturated heterocycles. The first-order valence-electron chi connectivity index (χ1n) is 10.1. The van der Waals surface area contributed by atoms with Gasteiger partial charge < -0.3 is 14.5 Å². The topological polar surface area (TPSA) is 77.5 Å². The number of hydrogen-bond donors (Lipinski definition) is 1. The number of ether oxygens (including phenoxy) is 1. The van der Waals surface area contributed by atoms with E-state index in [1.54, 1.807) is 0 Å². The van der Waals surface area contributed by atoms with Gasteiger partial charge in [0.05, 0.1) is 18.9 Å². The molecule has 6 nitrogen and oxygen atoms in total. The van der Waals surface area contributed by atoms with E-state index in [4.69, 9.17) is 9.16 Å². The zero-order valence-electron chi connectivity index (χ0n) is 18.6. The molecule has 1 fully saturated rings. The van der Waals surface area contributed by atoms with Gasteiger partial charge in [-0.1, -0.05) is 33.8 Å². The smallest absolute Gasteiger partial charge is 0.333 e. The Morgan fingerprint density at radius 3 is 2.52 bits per heavy atom. The third-order valence-corrected chi connectivity index (χ3v) is 11.4. The average Bonchev–Trinajstić information content (AvgIpc) is 3.06. The number of thiazole rings is 1.